The molecule has 0 aromatic carbocycles. The van der Waals surface area contributed by atoms with E-state index in [1.54, 1.807) is 0 Å². The number of hydrogen-bond acceptors (Lipinski definition) is 2. The fourth-order valence-electron chi connectivity index (χ4n) is 0. The summed E-state index contributed by atoms with van der Waals surface area (Å²) in [7, 11) is 0. The van der Waals surface area contributed by atoms with Crippen molar-refractivity contribution in [2.75, 3.05) is 0 Å². The zero-order valence-electron chi connectivity index (χ0n) is 2.47. The van der Waals surface area contributed by atoms with Gasteiger partial charge in [-0.2, -0.15) is 0 Å². The van der Waals surface area contributed by atoms with Crippen molar-refractivity contribution in [2.45, 2.75) is 0 Å². The van der Waals surface area contributed by atoms with Crippen molar-refractivity contribution >= 4 is 15.7 Å². The number of rotatable bonds is 0. The van der Waals surface area contributed by atoms with Crippen LogP contribution in [0.5, 0.6) is 0 Å². The molecular weight excluding hydrogens is 138 g/mol. The van der Waals surface area contributed by atoms with Crippen molar-refractivity contribution in [1.29, 1.82) is 0 Å². The Hall–Kier alpha value is 0.0329. The maximum atomic E-state index is 8.61. The normalized spacial score (nSPS) is 2.40. The van der Waals surface area contributed by atoms with E-state index in [9.17, 15) is 0 Å². The SMILES string of the molecule is F.N.[O]=[Ge][OH]. The predicted molar refractivity (Wildman–Crippen MR) is 16.2 cm³/mol. The van der Waals surface area contributed by atoms with Crippen LogP contribution in [0.25, 0.3) is 0 Å². The van der Waals surface area contributed by atoms with Gasteiger partial charge in [-0.3, -0.25) is 4.70 Å². The van der Waals surface area contributed by atoms with Gasteiger partial charge in [-0.25, -0.2) is 0 Å². The molecule has 0 saturated heterocycles. The molecule has 0 aliphatic rings. The van der Waals surface area contributed by atoms with Crippen molar-refractivity contribution in [3.8, 4) is 0 Å². The summed E-state index contributed by atoms with van der Waals surface area (Å²) < 4.78 is 15.8. The van der Waals surface area contributed by atoms with E-state index < -0.39 is 15.7 Å². The van der Waals surface area contributed by atoms with Crippen LogP contribution in [0.2, 0.25) is 0 Å². The van der Waals surface area contributed by atoms with Crippen molar-refractivity contribution in [3.05, 3.63) is 0 Å². The van der Waals surface area contributed by atoms with Crippen LogP contribution in [0.4, 0.5) is 4.70 Å². The van der Waals surface area contributed by atoms with Gasteiger partial charge in [0.2, 0.25) is 0 Å². The van der Waals surface area contributed by atoms with E-state index in [2.05, 4.69) is 0 Å². The van der Waals surface area contributed by atoms with E-state index in [4.69, 9.17) is 7.91 Å². The molecule has 0 aromatic heterocycles. The standard InChI is InChI=1S/FH.GeHO2.H3N/c;2-1-3;/h1H;2H;1H3. The Balaban J connectivity index is -0.0000000200. The summed E-state index contributed by atoms with van der Waals surface area (Å²) in [6.07, 6.45) is 0. The van der Waals surface area contributed by atoms with Gasteiger partial charge in [-0.05, 0) is 0 Å². The topological polar surface area (TPSA) is 72.3 Å². The minimum absolute atomic E-state index is 0. The Morgan fingerprint density at radius 2 is 1.60 bits per heavy atom. The molecular formula is H5FGeNO2. The third-order valence-corrected chi connectivity index (χ3v) is 0. The van der Waals surface area contributed by atoms with E-state index in [-0.39, 0.29) is 10.9 Å². The first-order valence-electron chi connectivity index (χ1n) is 0.428. The molecule has 0 aliphatic heterocycles. The van der Waals surface area contributed by atoms with Crippen LogP contribution in [0.15, 0.2) is 0 Å². The van der Waals surface area contributed by atoms with Gasteiger partial charge in [-0.15, -0.1) is 0 Å². The Morgan fingerprint density at radius 3 is 1.60 bits per heavy atom. The maximum absolute atomic E-state index is 8.61. The molecule has 0 amide bonds. The molecule has 0 atom stereocenters. The third kappa shape index (κ3) is 15400. The first-order valence-corrected chi connectivity index (χ1v) is 2.22. The zero-order chi connectivity index (χ0) is 2.71. The van der Waals surface area contributed by atoms with Crippen molar-refractivity contribution < 1.29 is 12.6 Å². The van der Waals surface area contributed by atoms with E-state index in [1.807, 2.05) is 0 Å². The molecule has 5 heavy (non-hydrogen) atoms. The van der Waals surface area contributed by atoms with E-state index in [0.29, 0.717) is 0 Å². The second-order valence-corrected chi connectivity index (χ2v) is 0.474. The third-order valence-electron chi connectivity index (χ3n) is 0. The van der Waals surface area contributed by atoms with Gasteiger partial charge in [0.05, 0.1) is 0 Å². The summed E-state index contributed by atoms with van der Waals surface area (Å²) in [5.41, 5.74) is 0. The molecule has 0 aliphatic carbocycles. The Labute approximate surface area is 35.4 Å². The van der Waals surface area contributed by atoms with Crippen LogP contribution < -0.4 is 6.15 Å². The average Bonchev–Trinajstić information content (AvgIpc) is 0.918. The summed E-state index contributed by atoms with van der Waals surface area (Å²) in [5.74, 6) is 0. The first-order chi connectivity index (χ1) is 1.41. The zero-order valence-corrected chi connectivity index (χ0v) is 4.57. The second-order valence-electron chi connectivity index (χ2n) is 0.0913. The van der Waals surface area contributed by atoms with Gasteiger partial charge in [-0.1, -0.05) is 0 Å². The molecule has 4 N–H and O–H groups in total. The number of hydrogen-bond donors (Lipinski definition) is 2. The van der Waals surface area contributed by atoms with Gasteiger partial charge in [0.1, 0.15) is 0 Å². The Morgan fingerprint density at radius 1 is 1.60 bits per heavy atom. The van der Waals surface area contributed by atoms with Gasteiger partial charge >= 0.3 is 23.6 Å². The summed E-state index contributed by atoms with van der Waals surface area (Å²) in [6, 6.07) is 0. The molecule has 0 bridgehead atoms. The fourth-order valence-corrected chi connectivity index (χ4v) is 0. The summed E-state index contributed by atoms with van der Waals surface area (Å²) in [5, 5.41) is 0. The van der Waals surface area contributed by atoms with Crippen molar-refractivity contribution in [1.82, 2.24) is 6.15 Å². The molecule has 0 saturated carbocycles. The Bertz CT molecular complexity index is 17.1. The average molecular weight is 143 g/mol. The quantitative estimate of drug-likeness (QED) is 0.438. The van der Waals surface area contributed by atoms with Crippen LogP contribution in [0.1, 0.15) is 0 Å². The minimum atomic E-state index is -1.75. The van der Waals surface area contributed by atoms with Crippen LogP contribution in [0.3, 0.4) is 0 Å². The molecule has 5 heteroatoms. The van der Waals surface area contributed by atoms with Gasteiger partial charge in [0, 0.05) is 0 Å². The van der Waals surface area contributed by atoms with E-state index in [1.165, 1.54) is 0 Å². The predicted octanol–water partition coefficient (Wildman–Crippen LogP) is -0.742. The fraction of sp³-hybridized carbons (Fsp3) is 0. The molecule has 3 nitrogen and oxygen atoms in total. The Kier molecular flexibility index (Phi) is 138. The van der Waals surface area contributed by atoms with Gasteiger partial charge in [0.25, 0.3) is 0 Å². The molecule has 33 valence electrons. The molecule has 0 aromatic rings. The monoisotopic (exact) mass is 144 g/mol. The molecule has 0 heterocycles. The number of halogens is 1. The molecule has 0 unspecified atom stereocenters. The molecule has 0 rings (SSSR count). The van der Waals surface area contributed by atoms with Gasteiger partial charge in [0.15, 0.2) is 0 Å². The van der Waals surface area contributed by atoms with Crippen molar-refractivity contribution in [2.24, 2.45) is 0 Å². The summed E-state index contributed by atoms with van der Waals surface area (Å²) in [6.45, 7) is 0. The molecule has 0 spiro atoms. The van der Waals surface area contributed by atoms with E-state index in [0.717, 1.165) is 0 Å². The van der Waals surface area contributed by atoms with Gasteiger partial charge < -0.3 is 6.15 Å². The van der Waals surface area contributed by atoms with Crippen LogP contribution in [0, 0.1) is 0 Å². The summed E-state index contributed by atoms with van der Waals surface area (Å²) >= 11 is -1.75. The van der Waals surface area contributed by atoms with Crippen LogP contribution in [-0.4, -0.2) is 19.8 Å². The second kappa shape index (κ2) is 34.8. The van der Waals surface area contributed by atoms with Crippen LogP contribution in [-0.2, 0) is 3.78 Å². The summed E-state index contributed by atoms with van der Waals surface area (Å²) in [4.78, 5) is 0. The van der Waals surface area contributed by atoms with Crippen molar-refractivity contribution in [3.63, 3.8) is 0 Å². The van der Waals surface area contributed by atoms with Crippen LogP contribution >= 0.6 is 0 Å². The molecule has 1 radical (unpaired) electrons. The molecule has 0 fully saturated rings. The van der Waals surface area contributed by atoms with E-state index >= 15 is 0 Å². The first kappa shape index (κ1) is 19.8.